The van der Waals surface area contributed by atoms with Gasteiger partial charge in [-0.15, -0.1) is 0 Å². The molecule has 1 fully saturated rings. The topological polar surface area (TPSA) is 69.3 Å². The van der Waals surface area contributed by atoms with E-state index in [1.807, 2.05) is 16.8 Å². The summed E-state index contributed by atoms with van der Waals surface area (Å²) in [5.74, 6) is -0.865. The van der Waals surface area contributed by atoms with Crippen molar-refractivity contribution in [2.75, 3.05) is 26.2 Å². The summed E-state index contributed by atoms with van der Waals surface area (Å²) >= 11 is 12.4. The summed E-state index contributed by atoms with van der Waals surface area (Å²) in [5.41, 5.74) is 1.97. The van der Waals surface area contributed by atoms with E-state index in [1.54, 1.807) is 23.2 Å². The summed E-state index contributed by atoms with van der Waals surface area (Å²) in [6, 6.07) is 7.54. The van der Waals surface area contributed by atoms with Crippen LogP contribution in [0.2, 0.25) is 10.0 Å². The van der Waals surface area contributed by atoms with Gasteiger partial charge < -0.3 is 9.47 Å². The Labute approximate surface area is 167 Å². The van der Waals surface area contributed by atoms with Gasteiger partial charge in [-0.1, -0.05) is 35.3 Å². The zero-order valence-electron chi connectivity index (χ0n) is 14.8. The van der Waals surface area contributed by atoms with Gasteiger partial charge in [0.2, 0.25) is 5.78 Å². The molecule has 0 unspecified atom stereocenters. The van der Waals surface area contributed by atoms with Gasteiger partial charge in [0, 0.05) is 56.6 Å². The fourth-order valence-electron chi connectivity index (χ4n) is 3.15. The molecular formula is C19H18Cl2N4O2. The Morgan fingerprint density at radius 1 is 1.11 bits per heavy atom. The molecule has 0 atom stereocenters. The molecule has 27 heavy (non-hydrogen) atoms. The maximum Gasteiger partial charge on any atom is 0.289 e. The number of amides is 1. The zero-order valence-corrected chi connectivity index (χ0v) is 16.3. The van der Waals surface area contributed by atoms with Crippen LogP contribution in [0.5, 0.6) is 0 Å². The number of carbonyl (C=O) groups excluding carboxylic acids is 2. The lowest BCUT2D eigenvalue weighted by atomic mass is 10.1. The number of aromatic nitrogens is 1. The number of nitriles is 1. The van der Waals surface area contributed by atoms with Crippen molar-refractivity contribution in [1.29, 1.82) is 5.26 Å². The van der Waals surface area contributed by atoms with Crippen LogP contribution in [0.4, 0.5) is 0 Å². The molecule has 1 saturated heterocycles. The van der Waals surface area contributed by atoms with E-state index in [0.717, 1.165) is 11.1 Å². The van der Waals surface area contributed by atoms with Crippen LogP contribution in [0, 0.1) is 11.3 Å². The van der Waals surface area contributed by atoms with Crippen LogP contribution in [-0.2, 0) is 16.3 Å². The third kappa shape index (κ3) is 4.16. The van der Waals surface area contributed by atoms with E-state index in [1.165, 1.54) is 6.92 Å². The number of hydrogen-bond donors (Lipinski definition) is 0. The van der Waals surface area contributed by atoms with Crippen LogP contribution in [0.1, 0.15) is 12.5 Å². The van der Waals surface area contributed by atoms with E-state index >= 15 is 0 Å². The van der Waals surface area contributed by atoms with Gasteiger partial charge in [0.25, 0.3) is 5.91 Å². The fourth-order valence-corrected chi connectivity index (χ4v) is 3.55. The van der Waals surface area contributed by atoms with E-state index in [2.05, 4.69) is 11.0 Å². The molecule has 140 valence electrons. The van der Waals surface area contributed by atoms with Gasteiger partial charge in [0.15, 0.2) is 0 Å². The molecule has 2 aromatic rings. The number of Topliss-reactive ketones (excluding diaryl/α,β-unsaturated/α-hetero) is 1. The van der Waals surface area contributed by atoms with Crippen LogP contribution in [0.25, 0.3) is 11.1 Å². The van der Waals surface area contributed by atoms with Crippen molar-refractivity contribution < 1.29 is 9.59 Å². The monoisotopic (exact) mass is 404 g/mol. The minimum atomic E-state index is -0.435. The van der Waals surface area contributed by atoms with Gasteiger partial charge in [0.05, 0.1) is 22.3 Å². The molecule has 1 aliphatic rings. The first-order valence-electron chi connectivity index (χ1n) is 8.47. The molecule has 0 radical (unpaired) electrons. The largest absolute Gasteiger partial charge is 0.339 e. The summed E-state index contributed by atoms with van der Waals surface area (Å²) in [4.78, 5) is 26.7. The van der Waals surface area contributed by atoms with Gasteiger partial charge in [0.1, 0.15) is 6.07 Å². The standard InChI is InChI=1S/C19H18Cl2N4O2/c1-13(26)19(27)25-7-5-23(6-8-25)12-24-10-14(9-22)16(11-24)15-3-2-4-17(20)18(15)21/h2-4,10-11H,5-8,12H2,1H3. The van der Waals surface area contributed by atoms with Crippen LogP contribution in [0.3, 0.4) is 0 Å². The minimum Gasteiger partial charge on any atom is -0.339 e. The van der Waals surface area contributed by atoms with Gasteiger partial charge in [-0.25, -0.2) is 0 Å². The van der Waals surface area contributed by atoms with Gasteiger partial charge in [-0.3, -0.25) is 14.5 Å². The normalized spacial score (nSPS) is 14.8. The summed E-state index contributed by atoms with van der Waals surface area (Å²) in [5, 5.41) is 10.3. The Kier molecular flexibility index (Phi) is 5.85. The van der Waals surface area contributed by atoms with Gasteiger partial charge >= 0.3 is 0 Å². The highest BCUT2D eigenvalue weighted by Gasteiger charge is 2.24. The first-order valence-corrected chi connectivity index (χ1v) is 9.22. The second-order valence-electron chi connectivity index (χ2n) is 6.42. The number of ketones is 1. The third-order valence-electron chi connectivity index (χ3n) is 4.57. The van der Waals surface area contributed by atoms with Crippen molar-refractivity contribution in [3.8, 4) is 17.2 Å². The lowest BCUT2D eigenvalue weighted by Gasteiger charge is -2.34. The van der Waals surface area contributed by atoms with Gasteiger partial charge in [-0.2, -0.15) is 5.26 Å². The molecule has 3 rings (SSSR count). The maximum atomic E-state index is 11.8. The summed E-state index contributed by atoms with van der Waals surface area (Å²) in [6.45, 7) is 4.21. The van der Waals surface area contributed by atoms with Crippen molar-refractivity contribution >= 4 is 34.9 Å². The predicted octanol–water partition coefficient (Wildman–Crippen LogP) is 3.02. The first-order chi connectivity index (χ1) is 12.9. The molecule has 8 heteroatoms. The molecule has 1 aromatic carbocycles. The molecule has 0 aliphatic carbocycles. The average Bonchev–Trinajstić information content (AvgIpc) is 3.06. The van der Waals surface area contributed by atoms with E-state index in [4.69, 9.17) is 23.2 Å². The first kappa shape index (κ1) is 19.4. The lowest BCUT2D eigenvalue weighted by molar-refractivity contribution is -0.144. The Bertz CT molecular complexity index is 924. The van der Waals surface area contributed by atoms with Crippen molar-refractivity contribution in [3.05, 3.63) is 46.2 Å². The van der Waals surface area contributed by atoms with E-state index in [9.17, 15) is 14.9 Å². The average molecular weight is 405 g/mol. The maximum absolute atomic E-state index is 11.8. The second-order valence-corrected chi connectivity index (χ2v) is 7.21. The quantitative estimate of drug-likeness (QED) is 0.734. The number of halogens is 2. The Balaban J connectivity index is 1.74. The molecule has 1 aliphatic heterocycles. The number of carbonyl (C=O) groups is 2. The Morgan fingerprint density at radius 2 is 1.81 bits per heavy atom. The van der Waals surface area contributed by atoms with Crippen LogP contribution >= 0.6 is 23.2 Å². The summed E-state index contributed by atoms with van der Waals surface area (Å²) in [7, 11) is 0. The van der Waals surface area contributed by atoms with Crippen LogP contribution in [-0.4, -0.2) is 52.2 Å². The van der Waals surface area contributed by atoms with E-state index in [0.29, 0.717) is 48.5 Å². The van der Waals surface area contributed by atoms with Gasteiger partial charge in [-0.05, 0) is 6.07 Å². The second kappa shape index (κ2) is 8.13. The highest BCUT2D eigenvalue weighted by molar-refractivity contribution is 6.43. The van der Waals surface area contributed by atoms with Crippen molar-refractivity contribution in [2.45, 2.75) is 13.6 Å². The van der Waals surface area contributed by atoms with Crippen molar-refractivity contribution in [3.63, 3.8) is 0 Å². The van der Waals surface area contributed by atoms with Crippen molar-refractivity contribution in [2.24, 2.45) is 0 Å². The summed E-state index contributed by atoms with van der Waals surface area (Å²) < 4.78 is 1.92. The molecule has 1 aromatic heterocycles. The van der Waals surface area contributed by atoms with Crippen molar-refractivity contribution in [1.82, 2.24) is 14.4 Å². The number of nitrogens with zero attached hydrogens (tertiary/aromatic N) is 4. The summed E-state index contributed by atoms with van der Waals surface area (Å²) in [6.07, 6.45) is 3.66. The molecule has 1 amide bonds. The number of piperazine rings is 1. The molecular weight excluding hydrogens is 387 g/mol. The lowest BCUT2D eigenvalue weighted by Crippen LogP contribution is -2.50. The van der Waals surface area contributed by atoms with E-state index < -0.39 is 11.7 Å². The van der Waals surface area contributed by atoms with Crippen LogP contribution in [0.15, 0.2) is 30.6 Å². The number of benzene rings is 1. The molecule has 0 saturated carbocycles. The van der Waals surface area contributed by atoms with Crippen LogP contribution < -0.4 is 0 Å². The van der Waals surface area contributed by atoms with E-state index in [-0.39, 0.29) is 0 Å². The molecule has 6 nitrogen and oxygen atoms in total. The molecule has 0 spiro atoms. The third-order valence-corrected chi connectivity index (χ3v) is 5.39. The zero-order chi connectivity index (χ0) is 19.6. The molecule has 0 bridgehead atoms. The SMILES string of the molecule is CC(=O)C(=O)N1CCN(Cn2cc(C#N)c(-c3cccc(Cl)c3Cl)c2)CC1. The minimum absolute atomic E-state index is 0.421. The Hall–Kier alpha value is -2.33. The molecule has 0 N–H and O–H groups in total. The number of rotatable bonds is 4. The number of hydrogen-bond acceptors (Lipinski definition) is 4. The smallest absolute Gasteiger partial charge is 0.289 e. The highest BCUT2D eigenvalue weighted by atomic mass is 35.5. The predicted molar refractivity (Wildman–Crippen MR) is 103 cm³/mol. The highest BCUT2D eigenvalue weighted by Crippen LogP contribution is 2.35. The molecule has 2 heterocycles. The Morgan fingerprint density at radius 3 is 2.44 bits per heavy atom. The fraction of sp³-hybridized carbons (Fsp3) is 0.316.